The molecule has 0 saturated carbocycles. The molecule has 0 aromatic heterocycles. The van der Waals surface area contributed by atoms with E-state index in [0.29, 0.717) is 18.0 Å². The molecule has 0 amide bonds. The molecule has 126 valence electrons. The second-order valence-electron chi connectivity index (χ2n) is 6.81. The Balaban J connectivity index is 1.66. The van der Waals surface area contributed by atoms with Gasteiger partial charge in [0, 0.05) is 17.1 Å². The zero-order chi connectivity index (χ0) is 17.1. The van der Waals surface area contributed by atoms with Crippen molar-refractivity contribution in [3.63, 3.8) is 0 Å². The predicted molar refractivity (Wildman–Crippen MR) is 105 cm³/mol. The molecule has 0 spiro atoms. The van der Waals surface area contributed by atoms with Crippen molar-refractivity contribution >= 4 is 11.6 Å². The summed E-state index contributed by atoms with van der Waals surface area (Å²) in [4.78, 5) is 0. The molecule has 1 heterocycles. The van der Waals surface area contributed by atoms with Gasteiger partial charge in [0.25, 0.3) is 0 Å². The summed E-state index contributed by atoms with van der Waals surface area (Å²) in [6.07, 6.45) is 2.21. The van der Waals surface area contributed by atoms with Crippen LogP contribution in [0.15, 0.2) is 84.9 Å². The van der Waals surface area contributed by atoms with E-state index in [1.807, 2.05) is 12.1 Å². The van der Waals surface area contributed by atoms with Gasteiger partial charge in [0.15, 0.2) is 0 Å². The van der Waals surface area contributed by atoms with Crippen LogP contribution >= 0.6 is 11.6 Å². The zero-order valence-electron chi connectivity index (χ0n) is 14.1. The van der Waals surface area contributed by atoms with Crippen molar-refractivity contribution in [2.75, 3.05) is 0 Å². The van der Waals surface area contributed by atoms with E-state index in [1.165, 1.54) is 16.7 Å². The van der Waals surface area contributed by atoms with Crippen LogP contribution < -0.4 is 5.32 Å². The second-order valence-corrected chi connectivity index (χ2v) is 7.25. The number of nitrogens with one attached hydrogen (secondary N) is 1. The number of halogens is 1. The van der Waals surface area contributed by atoms with Gasteiger partial charge in [-0.25, -0.2) is 0 Å². The van der Waals surface area contributed by atoms with Crippen LogP contribution in [-0.2, 0) is 0 Å². The molecule has 0 aliphatic carbocycles. The van der Waals surface area contributed by atoms with E-state index in [9.17, 15) is 0 Å². The summed E-state index contributed by atoms with van der Waals surface area (Å²) >= 11 is 6.09. The average molecular weight is 348 g/mol. The van der Waals surface area contributed by atoms with Gasteiger partial charge >= 0.3 is 0 Å². The van der Waals surface area contributed by atoms with E-state index in [2.05, 4.69) is 78.1 Å². The first-order chi connectivity index (χ1) is 12.3. The summed E-state index contributed by atoms with van der Waals surface area (Å²) in [6, 6.07) is 30.7. The SMILES string of the molecule is Clc1ccc(C2CC(c3ccccc3)NC(c3ccccc3)C2)cc1. The molecule has 2 heteroatoms. The van der Waals surface area contributed by atoms with Crippen LogP contribution in [0.25, 0.3) is 0 Å². The molecular weight excluding hydrogens is 326 g/mol. The Kier molecular flexibility index (Phi) is 4.87. The van der Waals surface area contributed by atoms with Gasteiger partial charge in [0.1, 0.15) is 0 Å². The molecule has 1 aliphatic rings. The minimum absolute atomic E-state index is 0.362. The van der Waals surface area contributed by atoms with Gasteiger partial charge in [-0.2, -0.15) is 0 Å². The second kappa shape index (κ2) is 7.43. The summed E-state index contributed by atoms with van der Waals surface area (Å²) < 4.78 is 0. The smallest absolute Gasteiger partial charge is 0.0406 e. The molecular formula is C23H22ClN. The maximum atomic E-state index is 6.09. The molecule has 1 fully saturated rings. The molecule has 1 saturated heterocycles. The number of hydrogen-bond acceptors (Lipinski definition) is 1. The van der Waals surface area contributed by atoms with Crippen molar-refractivity contribution in [1.82, 2.24) is 5.32 Å². The van der Waals surface area contributed by atoms with Crippen molar-refractivity contribution in [3.05, 3.63) is 107 Å². The largest absolute Gasteiger partial charge is 0.303 e. The van der Waals surface area contributed by atoms with Gasteiger partial charge in [-0.05, 0) is 47.6 Å². The van der Waals surface area contributed by atoms with Gasteiger partial charge in [-0.1, -0.05) is 84.4 Å². The summed E-state index contributed by atoms with van der Waals surface area (Å²) in [5.74, 6) is 0.522. The third-order valence-corrected chi connectivity index (χ3v) is 5.44. The quantitative estimate of drug-likeness (QED) is 0.587. The van der Waals surface area contributed by atoms with Crippen molar-refractivity contribution in [3.8, 4) is 0 Å². The highest BCUT2D eigenvalue weighted by molar-refractivity contribution is 6.30. The minimum Gasteiger partial charge on any atom is -0.303 e. The fourth-order valence-corrected chi connectivity index (χ4v) is 4.01. The molecule has 0 radical (unpaired) electrons. The zero-order valence-corrected chi connectivity index (χ0v) is 14.9. The lowest BCUT2D eigenvalue weighted by Crippen LogP contribution is -2.34. The van der Waals surface area contributed by atoms with E-state index in [0.717, 1.165) is 17.9 Å². The summed E-state index contributed by atoms with van der Waals surface area (Å²) in [5, 5.41) is 4.67. The van der Waals surface area contributed by atoms with E-state index < -0.39 is 0 Å². The predicted octanol–water partition coefficient (Wildman–Crippen LogP) is 6.29. The monoisotopic (exact) mass is 347 g/mol. The molecule has 4 rings (SSSR count). The lowest BCUT2D eigenvalue weighted by Gasteiger charge is -2.37. The van der Waals surface area contributed by atoms with Crippen LogP contribution in [0.4, 0.5) is 0 Å². The Morgan fingerprint density at radius 1 is 0.600 bits per heavy atom. The van der Waals surface area contributed by atoms with Crippen molar-refractivity contribution in [2.24, 2.45) is 0 Å². The number of benzene rings is 3. The number of piperidine rings is 1. The fraction of sp³-hybridized carbons (Fsp3) is 0.217. The molecule has 25 heavy (non-hydrogen) atoms. The fourth-order valence-electron chi connectivity index (χ4n) is 3.89. The first-order valence-electron chi connectivity index (χ1n) is 8.91. The molecule has 2 atom stereocenters. The topological polar surface area (TPSA) is 12.0 Å². The standard InChI is InChI=1S/C23H22ClN/c24-21-13-11-17(12-14-21)20-15-22(18-7-3-1-4-8-18)25-23(16-20)19-9-5-2-6-10-19/h1-14,20,22-23,25H,15-16H2. The molecule has 3 aromatic rings. The van der Waals surface area contributed by atoms with Gasteiger partial charge in [-0.15, -0.1) is 0 Å². The van der Waals surface area contributed by atoms with Crippen molar-refractivity contribution in [1.29, 1.82) is 0 Å². The maximum Gasteiger partial charge on any atom is 0.0406 e. The molecule has 1 nitrogen and oxygen atoms in total. The first-order valence-corrected chi connectivity index (χ1v) is 9.29. The Morgan fingerprint density at radius 3 is 1.56 bits per heavy atom. The van der Waals surface area contributed by atoms with Crippen LogP contribution in [0.1, 0.15) is 47.5 Å². The number of rotatable bonds is 3. The van der Waals surface area contributed by atoms with Crippen LogP contribution in [0.5, 0.6) is 0 Å². The minimum atomic E-state index is 0.362. The average Bonchev–Trinajstić information content (AvgIpc) is 2.69. The van der Waals surface area contributed by atoms with Crippen molar-refractivity contribution in [2.45, 2.75) is 30.8 Å². The van der Waals surface area contributed by atoms with E-state index in [-0.39, 0.29) is 0 Å². The summed E-state index contributed by atoms with van der Waals surface area (Å²) in [7, 11) is 0. The molecule has 1 aliphatic heterocycles. The highest BCUT2D eigenvalue weighted by atomic mass is 35.5. The highest BCUT2D eigenvalue weighted by Crippen LogP contribution is 2.41. The highest BCUT2D eigenvalue weighted by Gasteiger charge is 2.30. The van der Waals surface area contributed by atoms with Crippen LogP contribution in [-0.4, -0.2) is 0 Å². The normalized spacial score (nSPS) is 23.3. The Bertz CT molecular complexity index is 751. The van der Waals surface area contributed by atoms with Gasteiger partial charge in [0.2, 0.25) is 0 Å². The number of hydrogen-bond donors (Lipinski definition) is 1. The lowest BCUT2D eigenvalue weighted by molar-refractivity contribution is 0.296. The van der Waals surface area contributed by atoms with Gasteiger partial charge < -0.3 is 5.32 Å². The van der Waals surface area contributed by atoms with E-state index in [1.54, 1.807) is 0 Å². The third-order valence-electron chi connectivity index (χ3n) is 5.19. The van der Waals surface area contributed by atoms with Crippen molar-refractivity contribution < 1.29 is 0 Å². The van der Waals surface area contributed by atoms with E-state index >= 15 is 0 Å². The van der Waals surface area contributed by atoms with Crippen LogP contribution in [0.3, 0.4) is 0 Å². The molecule has 2 unspecified atom stereocenters. The van der Waals surface area contributed by atoms with Gasteiger partial charge in [-0.3, -0.25) is 0 Å². The molecule has 0 bridgehead atoms. The third kappa shape index (κ3) is 3.78. The Morgan fingerprint density at radius 2 is 1.08 bits per heavy atom. The Hall–Kier alpha value is -2.09. The first kappa shape index (κ1) is 16.4. The maximum absolute atomic E-state index is 6.09. The van der Waals surface area contributed by atoms with Crippen LogP contribution in [0, 0.1) is 0 Å². The molecule has 3 aromatic carbocycles. The lowest BCUT2D eigenvalue weighted by atomic mass is 9.79. The van der Waals surface area contributed by atoms with Gasteiger partial charge in [0.05, 0.1) is 0 Å². The summed E-state index contributed by atoms with van der Waals surface area (Å²) in [5.41, 5.74) is 4.11. The van der Waals surface area contributed by atoms with Crippen LogP contribution in [0.2, 0.25) is 5.02 Å². The molecule has 1 N–H and O–H groups in total. The summed E-state index contributed by atoms with van der Waals surface area (Å²) in [6.45, 7) is 0. The van der Waals surface area contributed by atoms with E-state index in [4.69, 9.17) is 11.6 Å². The Labute approximate surface area is 154 Å².